The molecule has 0 aliphatic carbocycles. The average Bonchev–Trinajstić information content (AvgIpc) is 2.55. The first-order chi connectivity index (χ1) is 5.74. The lowest BCUT2D eigenvalue weighted by Crippen LogP contribution is -3.00. The van der Waals surface area contributed by atoms with Crippen LogP contribution in [0.4, 0.5) is 0 Å². The molecule has 14 heavy (non-hydrogen) atoms. The normalized spacial score (nSPS) is 10.7. The summed E-state index contributed by atoms with van der Waals surface area (Å²) in [4.78, 5) is 13.8. The summed E-state index contributed by atoms with van der Waals surface area (Å²) < 4.78 is 4.49. The summed E-state index contributed by atoms with van der Waals surface area (Å²) in [5.74, 6) is -0.379. The number of carbonyl (C=O) groups is 1. The first-order valence-electron chi connectivity index (χ1n) is 3.69. The van der Waals surface area contributed by atoms with Crippen LogP contribution >= 0.6 is 0 Å². The number of hydrogen-bond donors (Lipinski definition) is 2. The largest absolute Gasteiger partial charge is 1.00 e. The summed E-state index contributed by atoms with van der Waals surface area (Å²) in [6.45, 7) is 0. The van der Waals surface area contributed by atoms with E-state index in [1.807, 2.05) is 12.3 Å². The number of aromatic amines is 1. The number of methoxy groups -OCH3 is 1. The van der Waals surface area contributed by atoms with E-state index in [9.17, 15) is 4.79 Å². The van der Waals surface area contributed by atoms with Crippen LogP contribution in [0, 0.1) is 0 Å². The Bertz CT molecular complexity index is 252. The summed E-state index contributed by atoms with van der Waals surface area (Å²) in [6.07, 6.45) is 4.11. The first-order valence-corrected chi connectivity index (χ1v) is 3.69. The molecule has 1 atom stereocenters. The van der Waals surface area contributed by atoms with Gasteiger partial charge in [-0.15, -0.1) is 0 Å². The third kappa shape index (κ3) is 4.50. The monoisotopic (exact) mass is 238 g/mol. The van der Waals surface area contributed by atoms with Crippen molar-refractivity contribution in [2.45, 2.75) is 12.5 Å². The molecule has 0 fully saturated rings. The lowest BCUT2D eigenvalue weighted by molar-refractivity contribution is -0.142. The topological polar surface area (TPSA) is 68.1 Å². The van der Waals surface area contributed by atoms with Crippen LogP contribution in [0.15, 0.2) is 18.5 Å². The van der Waals surface area contributed by atoms with Gasteiger partial charge in [0.05, 0.1) is 7.11 Å². The fourth-order valence-electron chi connectivity index (χ4n) is 0.974. The minimum absolute atomic E-state index is 0. The van der Waals surface area contributed by atoms with Gasteiger partial charge in [0.25, 0.3) is 0 Å². The summed E-state index contributed by atoms with van der Waals surface area (Å²) in [7, 11) is 1.33. The maximum atomic E-state index is 10.9. The van der Waals surface area contributed by atoms with Crippen LogP contribution in [0.3, 0.4) is 0 Å². The second-order valence-corrected chi connectivity index (χ2v) is 2.55. The highest BCUT2D eigenvalue weighted by molar-refractivity contribution is 5.75. The van der Waals surface area contributed by atoms with Gasteiger partial charge in [-0.05, 0) is 18.1 Å². The molecule has 0 saturated heterocycles. The zero-order valence-corrected chi connectivity index (χ0v) is 9.18. The molecular weight excluding hydrogens is 227 g/mol. The molecule has 1 rings (SSSR count). The Morgan fingerprint density at radius 2 is 2.29 bits per heavy atom. The standard InChI is InChI=1S/C8H12N2O2.2ClH/c1-12-8(11)7(9)4-6-2-3-10-5-6;;/h2-3,5,7,10H,4,9H2,1H3;2*1H/p-2/t7-;;/m0../s1. The number of aromatic nitrogens is 1. The Balaban J connectivity index is 0. The Labute approximate surface area is 95.0 Å². The van der Waals surface area contributed by atoms with Crippen molar-refractivity contribution in [3.63, 3.8) is 0 Å². The zero-order chi connectivity index (χ0) is 8.97. The van der Waals surface area contributed by atoms with Crippen LogP contribution in [-0.4, -0.2) is 24.1 Å². The molecule has 0 unspecified atom stereocenters. The highest BCUT2D eigenvalue weighted by Crippen LogP contribution is 2.00. The van der Waals surface area contributed by atoms with E-state index in [0.717, 1.165) is 5.56 Å². The second-order valence-electron chi connectivity index (χ2n) is 2.55. The molecule has 0 aliphatic rings. The van der Waals surface area contributed by atoms with Crippen molar-refractivity contribution >= 4 is 5.97 Å². The zero-order valence-electron chi connectivity index (χ0n) is 7.67. The number of esters is 1. The fraction of sp³-hybridized carbons (Fsp3) is 0.375. The maximum absolute atomic E-state index is 10.9. The van der Waals surface area contributed by atoms with E-state index in [0.29, 0.717) is 6.42 Å². The molecule has 0 spiro atoms. The predicted octanol–water partition coefficient (Wildman–Crippen LogP) is -5.93. The fourth-order valence-corrected chi connectivity index (χ4v) is 0.974. The number of H-pyrrole nitrogens is 1. The number of nitrogens with one attached hydrogen (secondary N) is 1. The van der Waals surface area contributed by atoms with E-state index >= 15 is 0 Å². The SMILES string of the molecule is COC(=O)[C@@H](N)Cc1cc[nH]c1.[Cl-].[Cl-]. The van der Waals surface area contributed by atoms with Gasteiger partial charge >= 0.3 is 5.97 Å². The number of halogens is 2. The van der Waals surface area contributed by atoms with Crippen LogP contribution in [0.25, 0.3) is 0 Å². The van der Waals surface area contributed by atoms with Gasteiger partial charge in [0.15, 0.2) is 0 Å². The van der Waals surface area contributed by atoms with Gasteiger partial charge < -0.3 is 40.3 Å². The predicted molar refractivity (Wildman–Crippen MR) is 44.5 cm³/mol. The first kappa shape index (κ1) is 15.7. The number of rotatable bonds is 3. The van der Waals surface area contributed by atoms with E-state index in [-0.39, 0.29) is 30.8 Å². The molecular formula is C8H12Cl2N2O2-2. The minimum Gasteiger partial charge on any atom is -1.00 e. The maximum Gasteiger partial charge on any atom is 0.322 e. The van der Waals surface area contributed by atoms with Crippen LogP contribution in [-0.2, 0) is 16.0 Å². The van der Waals surface area contributed by atoms with E-state index in [1.54, 1.807) is 6.20 Å². The van der Waals surface area contributed by atoms with Crippen molar-refractivity contribution in [3.8, 4) is 0 Å². The summed E-state index contributed by atoms with van der Waals surface area (Å²) in [5.41, 5.74) is 6.54. The third-order valence-electron chi connectivity index (χ3n) is 1.62. The van der Waals surface area contributed by atoms with E-state index in [4.69, 9.17) is 5.73 Å². The van der Waals surface area contributed by atoms with Gasteiger partial charge in [0, 0.05) is 12.4 Å². The summed E-state index contributed by atoms with van der Waals surface area (Å²) in [5, 5.41) is 0. The smallest absolute Gasteiger partial charge is 0.322 e. The lowest BCUT2D eigenvalue weighted by atomic mass is 10.1. The van der Waals surface area contributed by atoms with Gasteiger partial charge in [0.2, 0.25) is 0 Å². The van der Waals surface area contributed by atoms with Crippen molar-refractivity contribution in [2.24, 2.45) is 5.73 Å². The molecule has 0 saturated carbocycles. The van der Waals surface area contributed by atoms with Crippen molar-refractivity contribution < 1.29 is 34.3 Å². The second kappa shape index (κ2) is 7.67. The number of ether oxygens (including phenoxy) is 1. The van der Waals surface area contributed by atoms with Crippen molar-refractivity contribution in [1.82, 2.24) is 4.98 Å². The van der Waals surface area contributed by atoms with Gasteiger partial charge in [-0.2, -0.15) is 0 Å². The molecule has 1 aromatic rings. The molecule has 82 valence electrons. The molecule has 1 aromatic heterocycles. The number of hydrogen-bond acceptors (Lipinski definition) is 3. The number of nitrogens with two attached hydrogens (primary N) is 1. The Morgan fingerprint density at radius 1 is 1.64 bits per heavy atom. The van der Waals surface area contributed by atoms with Crippen molar-refractivity contribution in [2.75, 3.05) is 7.11 Å². The van der Waals surface area contributed by atoms with Crippen LogP contribution in [0.1, 0.15) is 5.56 Å². The average molecular weight is 239 g/mol. The molecule has 6 heteroatoms. The molecule has 3 N–H and O–H groups in total. The number of carbonyl (C=O) groups excluding carboxylic acids is 1. The Morgan fingerprint density at radius 3 is 2.71 bits per heavy atom. The minimum atomic E-state index is -0.564. The van der Waals surface area contributed by atoms with Gasteiger partial charge in [0.1, 0.15) is 6.04 Å². The third-order valence-corrected chi connectivity index (χ3v) is 1.62. The Kier molecular flexibility index (Phi) is 8.63. The van der Waals surface area contributed by atoms with Crippen LogP contribution in [0.5, 0.6) is 0 Å². The molecule has 0 radical (unpaired) electrons. The van der Waals surface area contributed by atoms with Crippen LogP contribution < -0.4 is 30.5 Å². The van der Waals surface area contributed by atoms with Crippen molar-refractivity contribution in [3.05, 3.63) is 24.0 Å². The van der Waals surface area contributed by atoms with Crippen LogP contribution in [0.2, 0.25) is 0 Å². The highest BCUT2D eigenvalue weighted by Gasteiger charge is 2.13. The van der Waals surface area contributed by atoms with Gasteiger partial charge in [-0.1, -0.05) is 0 Å². The highest BCUT2D eigenvalue weighted by atomic mass is 35.5. The quantitative estimate of drug-likeness (QED) is 0.516. The van der Waals surface area contributed by atoms with Gasteiger partial charge in [-0.3, -0.25) is 4.79 Å². The van der Waals surface area contributed by atoms with Gasteiger partial charge in [-0.25, -0.2) is 0 Å². The molecule has 1 heterocycles. The Hall–Kier alpha value is -0.710. The van der Waals surface area contributed by atoms with Crippen molar-refractivity contribution in [1.29, 1.82) is 0 Å². The molecule has 0 aromatic carbocycles. The summed E-state index contributed by atoms with van der Waals surface area (Å²) >= 11 is 0. The molecule has 0 aliphatic heterocycles. The molecule has 0 amide bonds. The molecule has 4 nitrogen and oxygen atoms in total. The summed E-state index contributed by atoms with van der Waals surface area (Å²) in [6, 6.07) is 1.31. The van der Waals surface area contributed by atoms with E-state index < -0.39 is 6.04 Å². The lowest BCUT2D eigenvalue weighted by Gasteiger charge is -2.06. The van der Waals surface area contributed by atoms with E-state index in [2.05, 4.69) is 9.72 Å². The van der Waals surface area contributed by atoms with E-state index in [1.165, 1.54) is 7.11 Å². The molecule has 0 bridgehead atoms.